The molecule has 2 spiro atoms. The normalized spacial score (nSPS) is 32.4. The number of carbonyl (C=O) groups excluding carboxylic acids is 2. The first-order valence-electron chi connectivity index (χ1n) is 12.2. The topological polar surface area (TPSA) is 46.6 Å². The molecule has 1 atom stereocenters. The highest BCUT2D eigenvalue weighted by molar-refractivity contribution is 5.81. The minimum absolute atomic E-state index is 0.0182. The van der Waals surface area contributed by atoms with Crippen LogP contribution in [0, 0.1) is 16.7 Å². The lowest BCUT2D eigenvalue weighted by Crippen LogP contribution is -2.50. The number of cyclic esters (lactones) is 1. The summed E-state index contributed by atoms with van der Waals surface area (Å²) in [4.78, 5) is 26.6. The van der Waals surface area contributed by atoms with E-state index in [0.29, 0.717) is 30.3 Å². The number of rotatable bonds is 2. The Hall–Kier alpha value is -1.84. The van der Waals surface area contributed by atoms with Crippen molar-refractivity contribution in [2.75, 3.05) is 19.7 Å². The van der Waals surface area contributed by atoms with E-state index >= 15 is 0 Å². The van der Waals surface area contributed by atoms with Crippen LogP contribution in [0.15, 0.2) is 24.3 Å². The van der Waals surface area contributed by atoms with E-state index < -0.39 is 0 Å². The molecule has 1 aromatic rings. The van der Waals surface area contributed by atoms with E-state index in [1.165, 1.54) is 30.4 Å². The Bertz CT molecular complexity index is 851. The summed E-state index contributed by atoms with van der Waals surface area (Å²) in [6, 6.07) is 9.34. The van der Waals surface area contributed by atoms with E-state index in [2.05, 4.69) is 49.9 Å². The maximum Gasteiger partial charge on any atom is 0.306 e. The Kier molecular flexibility index (Phi) is 4.99. The number of carbonyl (C=O) groups is 2. The molecule has 31 heavy (non-hydrogen) atoms. The molecular formula is C27H37NO3. The number of amides is 1. The molecule has 5 rings (SSSR count). The number of piperidine rings is 1. The van der Waals surface area contributed by atoms with Crippen molar-refractivity contribution in [2.24, 2.45) is 16.7 Å². The van der Waals surface area contributed by atoms with Crippen molar-refractivity contribution < 1.29 is 14.3 Å². The molecule has 2 aliphatic heterocycles. The molecule has 4 nitrogen and oxygen atoms in total. The van der Waals surface area contributed by atoms with Crippen LogP contribution in [-0.4, -0.2) is 36.5 Å². The lowest BCUT2D eigenvalue weighted by Gasteiger charge is -2.46. The van der Waals surface area contributed by atoms with E-state index in [1.54, 1.807) is 0 Å². The third kappa shape index (κ3) is 3.91. The Morgan fingerprint density at radius 1 is 1.00 bits per heavy atom. The van der Waals surface area contributed by atoms with Crippen LogP contribution < -0.4 is 0 Å². The van der Waals surface area contributed by atoms with Gasteiger partial charge in [0.1, 0.15) is 0 Å². The zero-order valence-corrected chi connectivity index (χ0v) is 19.4. The van der Waals surface area contributed by atoms with Crippen LogP contribution in [0.25, 0.3) is 0 Å². The van der Waals surface area contributed by atoms with Gasteiger partial charge in [-0.25, -0.2) is 0 Å². The second-order valence-electron chi connectivity index (χ2n) is 12.1. The molecule has 1 amide bonds. The molecule has 1 unspecified atom stereocenters. The second kappa shape index (κ2) is 7.35. The van der Waals surface area contributed by atoms with Crippen LogP contribution in [-0.2, 0) is 19.7 Å². The molecule has 4 aliphatic rings. The average molecular weight is 424 g/mol. The standard InChI is InChI=1S/C27H37NO3/c1-25(2,3)22-6-4-19(5-7-22)20-8-9-26(14-20)10-12-28(13-11-26)24(30)21-15-27(16-21)17-23(29)31-18-27/h4-7,20-21H,8-18H2,1-3H3. The van der Waals surface area contributed by atoms with Crippen molar-refractivity contribution in [1.82, 2.24) is 4.90 Å². The van der Waals surface area contributed by atoms with Gasteiger partial charge in [0.2, 0.25) is 5.91 Å². The number of esters is 1. The fourth-order valence-electron chi connectivity index (χ4n) is 6.73. The van der Waals surface area contributed by atoms with E-state index in [-0.39, 0.29) is 22.7 Å². The van der Waals surface area contributed by atoms with Crippen LogP contribution in [0.4, 0.5) is 0 Å². The number of nitrogens with zero attached hydrogens (tertiary/aromatic N) is 1. The first kappa shape index (κ1) is 21.0. The van der Waals surface area contributed by atoms with Gasteiger partial charge < -0.3 is 9.64 Å². The van der Waals surface area contributed by atoms with E-state index in [4.69, 9.17) is 4.74 Å². The summed E-state index contributed by atoms with van der Waals surface area (Å²) in [5.41, 5.74) is 3.51. The highest BCUT2D eigenvalue weighted by Crippen LogP contribution is 2.54. The Labute approximate surface area is 186 Å². The highest BCUT2D eigenvalue weighted by Gasteiger charge is 2.54. The van der Waals surface area contributed by atoms with Gasteiger partial charge in [0.15, 0.2) is 0 Å². The first-order chi connectivity index (χ1) is 14.7. The summed E-state index contributed by atoms with van der Waals surface area (Å²) in [7, 11) is 0. The first-order valence-corrected chi connectivity index (χ1v) is 12.2. The largest absolute Gasteiger partial charge is 0.465 e. The Balaban J connectivity index is 1.14. The van der Waals surface area contributed by atoms with Crippen LogP contribution in [0.2, 0.25) is 0 Å². The number of likely N-dealkylation sites (tertiary alicyclic amines) is 1. The maximum atomic E-state index is 13.0. The van der Waals surface area contributed by atoms with Gasteiger partial charge in [0.05, 0.1) is 13.0 Å². The predicted molar refractivity (Wildman–Crippen MR) is 121 cm³/mol. The monoisotopic (exact) mass is 423 g/mol. The number of benzene rings is 1. The zero-order valence-electron chi connectivity index (χ0n) is 19.4. The van der Waals surface area contributed by atoms with Gasteiger partial charge in [-0.15, -0.1) is 0 Å². The van der Waals surface area contributed by atoms with Gasteiger partial charge in [-0.1, -0.05) is 45.0 Å². The lowest BCUT2D eigenvalue weighted by molar-refractivity contribution is -0.146. The predicted octanol–water partition coefficient (Wildman–Crippen LogP) is 5.20. The third-order valence-corrected chi connectivity index (χ3v) is 8.85. The molecule has 2 saturated heterocycles. The van der Waals surface area contributed by atoms with E-state index in [9.17, 15) is 9.59 Å². The summed E-state index contributed by atoms with van der Waals surface area (Å²) >= 11 is 0. The van der Waals surface area contributed by atoms with Crippen molar-refractivity contribution in [1.29, 1.82) is 0 Å². The van der Waals surface area contributed by atoms with Crippen molar-refractivity contribution in [3.8, 4) is 0 Å². The summed E-state index contributed by atoms with van der Waals surface area (Å²) in [6.07, 6.45) is 8.34. The number of ether oxygens (including phenoxy) is 1. The molecule has 0 bridgehead atoms. The maximum absolute atomic E-state index is 13.0. The van der Waals surface area contributed by atoms with Crippen LogP contribution >= 0.6 is 0 Å². The molecule has 0 radical (unpaired) electrons. The molecule has 168 valence electrons. The molecule has 2 saturated carbocycles. The van der Waals surface area contributed by atoms with Gasteiger partial charge in [-0.2, -0.15) is 0 Å². The van der Waals surface area contributed by atoms with Crippen molar-refractivity contribution >= 4 is 11.9 Å². The molecule has 4 fully saturated rings. The van der Waals surface area contributed by atoms with E-state index in [1.807, 2.05) is 0 Å². The second-order valence-corrected chi connectivity index (χ2v) is 12.1. The third-order valence-electron chi connectivity index (χ3n) is 8.85. The molecule has 4 heteroatoms. The van der Waals surface area contributed by atoms with E-state index in [0.717, 1.165) is 38.8 Å². The smallest absolute Gasteiger partial charge is 0.306 e. The SMILES string of the molecule is CC(C)(C)c1ccc(C2CCC3(CCN(C(=O)C4CC5(COC(=O)C5)C4)CC3)C2)cc1. The fourth-order valence-corrected chi connectivity index (χ4v) is 6.73. The number of hydrogen-bond donors (Lipinski definition) is 0. The highest BCUT2D eigenvalue weighted by atomic mass is 16.5. The molecule has 0 aromatic heterocycles. The quantitative estimate of drug-likeness (QED) is 0.614. The Morgan fingerprint density at radius 3 is 2.26 bits per heavy atom. The molecule has 1 aromatic carbocycles. The van der Waals surface area contributed by atoms with Crippen molar-refractivity contribution in [3.05, 3.63) is 35.4 Å². The lowest BCUT2D eigenvalue weighted by atomic mass is 9.61. The average Bonchev–Trinajstić information content (AvgIpc) is 3.31. The minimum atomic E-state index is -0.0883. The van der Waals surface area contributed by atoms with Crippen LogP contribution in [0.5, 0.6) is 0 Å². The Morgan fingerprint density at radius 2 is 1.68 bits per heavy atom. The fraction of sp³-hybridized carbons (Fsp3) is 0.704. The van der Waals surface area contributed by atoms with Crippen molar-refractivity contribution in [3.63, 3.8) is 0 Å². The summed E-state index contributed by atoms with van der Waals surface area (Å²) < 4.78 is 5.15. The van der Waals surface area contributed by atoms with Gasteiger partial charge in [-0.3, -0.25) is 9.59 Å². The van der Waals surface area contributed by atoms with Gasteiger partial charge >= 0.3 is 5.97 Å². The summed E-state index contributed by atoms with van der Waals surface area (Å²) in [5, 5.41) is 0. The summed E-state index contributed by atoms with van der Waals surface area (Å²) in [5.74, 6) is 1.02. The van der Waals surface area contributed by atoms with Gasteiger partial charge in [0, 0.05) is 24.4 Å². The molecular weight excluding hydrogens is 386 g/mol. The van der Waals surface area contributed by atoms with Gasteiger partial charge in [-0.05, 0) is 72.8 Å². The minimum Gasteiger partial charge on any atom is -0.465 e. The summed E-state index contributed by atoms with van der Waals surface area (Å²) in [6.45, 7) is 9.15. The molecule has 0 N–H and O–H groups in total. The van der Waals surface area contributed by atoms with Crippen LogP contribution in [0.1, 0.15) is 89.2 Å². The molecule has 2 aliphatic carbocycles. The molecule has 2 heterocycles. The number of hydrogen-bond acceptors (Lipinski definition) is 3. The van der Waals surface area contributed by atoms with Crippen molar-refractivity contribution in [2.45, 2.75) is 83.5 Å². The van der Waals surface area contributed by atoms with Gasteiger partial charge in [0.25, 0.3) is 0 Å². The van der Waals surface area contributed by atoms with Crippen LogP contribution in [0.3, 0.4) is 0 Å². The zero-order chi connectivity index (χ0) is 21.9.